The Bertz CT molecular complexity index is 883. The Balaban J connectivity index is 1.57. The van der Waals surface area contributed by atoms with Gasteiger partial charge in [0.15, 0.2) is 0 Å². The summed E-state index contributed by atoms with van der Waals surface area (Å²) in [5.41, 5.74) is 2.16. The fraction of sp³-hybridized carbons (Fsp3) is 0.538. The first-order chi connectivity index (χ1) is 15.5. The summed E-state index contributed by atoms with van der Waals surface area (Å²) in [7, 11) is 6.55. The molecule has 5 nitrogen and oxygen atoms in total. The van der Waals surface area contributed by atoms with E-state index in [0.717, 1.165) is 55.2 Å². The Morgan fingerprint density at radius 2 is 1.81 bits per heavy atom. The molecule has 2 fully saturated rings. The Morgan fingerprint density at radius 1 is 1.03 bits per heavy atom. The van der Waals surface area contributed by atoms with Gasteiger partial charge in [0.25, 0.3) is 0 Å². The van der Waals surface area contributed by atoms with E-state index in [-0.39, 0.29) is 12.7 Å². The fourth-order valence-electron chi connectivity index (χ4n) is 4.68. The predicted molar refractivity (Wildman–Crippen MR) is 133 cm³/mol. The summed E-state index contributed by atoms with van der Waals surface area (Å²) in [6, 6.07) is 15.4. The molecule has 1 saturated carbocycles. The van der Waals surface area contributed by atoms with Gasteiger partial charge >= 0.3 is 0 Å². The molecule has 1 N–H and O–H groups in total. The minimum absolute atomic E-state index is 0.0693. The molecular formula is C26H37N3O2S. The maximum atomic E-state index is 9.47. The lowest BCUT2D eigenvalue weighted by molar-refractivity contribution is 0.100. The first kappa shape index (κ1) is 23.4. The zero-order valence-corrected chi connectivity index (χ0v) is 20.5. The lowest BCUT2D eigenvalue weighted by Gasteiger charge is -2.37. The van der Waals surface area contributed by atoms with E-state index in [4.69, 9.17) is 4.74 Å². The second-order valence-electron chi connectivity index (χ2n) is 9.35. The van der Waals surface area contributed by atoms with Crippen LogP contribution in [-0.2, 0) is 6.61 Å². The SMILES string of the molecule is CN1CCN(c2ccc(Sc3cccc(CO)c3)cc2OC2CCCC(N(C)C)C2)CC1. The van der Waals surface area contributed by atoms with Crippen LogP contribution in [0, 0.1) is 0 Å². The zero-order valence-electron chi connectivity index (χ0n) is 19.7. The van der Waals surface area contributed by atoms with Crippen LogP contribution in [0.15, 0.2) is 52.3 Å². The number of ether oxygens (including phenoxy) is 1. The van der Waals surface area contributed by atoms with Crippen LogP contribution in [0.25, 0.3) is 0 Å². The fourth-order valence-corrected chi connectivity index (χ4v) is 5.61. The smallest absolute Gasteiger partial charge is 0.144 e. The van der Waals surface area contributed by atoms with E-state index in [2.05, 4.69) is 66.2 Å². The van der Waals surface area contributed by atoms with Crippen molar-refractivity contribution in [2.45, 2.75) is 54.2 Å². The molecule has 2 aromatic carbocycles. The average molecular weight is 456 g/mol. The van der Waals surface area contributed by atoms with E-state index in [1.54, 1.807) is 11.8 Å². The quantitative estimate of drug-likeness (QED) is 0.670. The van der Waals surface area contributed by atoms with E-state index >= 15 is 0 Å². The topological polar surface area (TPSA) is 39.2 Å². The predicted octanol–water partition coefficient (Wildman–Crippen LogP) is 4.33. The largest absolute Gasteiger partial charge is 0.488 e. The standard InChI is InChI=1S/C26H37N3O2S/c1-27(2)21-7-5-8-22(17-21)31-26-18-24(32-23-9-4-6-20(16-23)19-30)10-11-25(26)29-14-12-28(3)13-15-29/h4,6,9-11,16,18,21-22,30H,5,7-8,12-15,17,19H2,1-3H3. The molecule has 0 radical (unpaired) electrons. The van der Waals surface area contributed by atoms with E-state index in [1.165, 1.54) is 23.4 Å². The summed E-state index contributed by atoms with van der Waals surface area (Å²) in [5, 5.41) is 9.47. The van der Waals surface area contributed by atoms with Crippen molar-refractivity contribution in [3.63, 3.8) is 0 Å². The lowest BCUT2D eigenvalue weighted by atomic mass is 9.92. The number of piperazine rings is 1. The lowest BCUT2D eigenvalue weighted by Crippen LogP contribution is -2.44. The number of hydrogen-bond acceptors (Lipinski definition) is 6. The van der Waals surface area contributed by atoms with Gasteiger partial charge in [0, 0.05) is 42.0 Å². The van der Waals surface area contributed by atoms with Crippen molar-refractivity contribution in [3.8, 4) is 5.75 Å². The molecule has 2 atom stereocenters. The molecular weight excluding hydrogens is 418 g/mol. The molecule has 1 aliphatic carbocycles. The third-order valence-corrected chi connectivity index (χ3v) is 7.69. The molecule has 32 heavy (non-hydrogen) atoms. The molecule has 0 amide bonds. The minimum atomic E-state index is 0.0693. The summed E-state index contributed by atoms with van der Waals surface area (Å²) in [4.78, 5) is 9.52. The molecule has 2 unspecified atom stereocenters. The van der Waals surface area contributed by atoms with Crippen LogP contribution >= 0.6 is 11.8 Å². The number of benzene rings is 2. The van der Waals surface area contributed by atoms with Crippen molar-refractivity contribution in [2.24, 2.45) is 0 Å². The summed E-state index contributed by atoms with van der Waals surface area (Å²) >= 11 is 1.73. The molecule has 2 aromatic rings. The molecule has 0 bridgehead atoms. The van der Waals surface area contributed by atoms with Gasteiger partial charge in [0.2, 0.25) is 0 Å². The van der Waals surface area contributed by atoms with Crippen molar-refractivity contribution in [2.75, 3.05) is 52.2 Å². The third-order valence-electron chi connectivity index (χ3n) is 6.71. The van der Waals surface area contributed by atoms with Gasteiger partial charge in [-0.2, -0.15) is 0 Å². The van der Waals surface area contributed by atoms with Crippen LogP contribution < -0.4 is 9.64 Å². The minimum Gasteiger partial charge on any atom is -0.488 e. The highest BCUT2D eigenvalue weighted by Crippen LogP contribution is 2.38. The van der Waals surface area contributed by atoms with E-state index in [0.29, 0.717) is 6.04 Å². The van der Waals surface area contributed by atoms with Crippen molar-refractivity contribution in [1.29, 1.82) is 0 Å². The van der Waals surface area contributed by atoms with Crippen molar-refractivity contribution in [1.82, 2.24) is 9.80 Å². The Morgan fingerprint density at radius 3 is 2.56 bits per heavy atom. The maximum Gasteiger partial charge on any atom is 0.144 e. The Labute approximate surface area is 197 Å². The number of aliphatic hydroxyl groups is 1. The van der Waals surface area contributed by atoms with Crippen LogP contribution in [0.2, 0.25) is 0 Å². The Kier molecular flexibility index (Phi) is 8.00. The van der Waals surface area contributed by atoms with Gasteiger partial charge in [-0.1, -0.05) is 23.9 Å². The van der Waals surface area contributed by atoms with Crippen LogP contribution in [0.3, 0.4) is 0 Å². The zero-order chi connectivity index (χ0) is 22.5. The molecule has 1 aliphatic heterocycles. The van der Waals surface area contributed by atoms with Crippen LogP contribution in [0.1, 0.15) is 31.2 Å². The van der Waals surface area contributed by atoms with Crippen molar-refractivity contribution in [3.05, 3.63) is 48.0 Å². The van der Waals surface area contributed by atoms with Gasteiger partial charge in [-0.3, -0.25) is 0 Å². The van der Waals surface area contributed by atoms with Gasteiger partial charge in [-0.25, -0.2) is 0 Å². The van der Waals surface area contributed by atoms with Crippen molar-refractivity contribution < 1.29 is 9.84 Å². The first-order valence-corrected chi connectivity index (χ1v) is 12.6. The summed E-state index contributed by atoms with van der Waals surface area (Å²) in [5.74, 6) is 1.02. The van der Waals surface area contributed by atoms with Crippen LogP contribution in [0.4, 0.5) is 5.69 Å². The highest BCUT2D eigenvalue weighted by molar-refractivity contribution is 7.99. The maximum absolute atomic E-state index is 9.47. The number of aliphatic hydroxyl groups excluding tert-OH is 1. The molecule has 0 spiro atoms. The number of nitrogens with zero attached hydrogens (tertiary/aromatic N) is 3. The summed E-state index contributed by atoms with van der Waals surface area (Å²) in [6.07, 6.45) is 4.96. The van der Waals surface area contributed by atoms with Gasteiger partial charge < -0.3 is 24.5 Å². The molecule has 4 rings (SSSR count). The number of likely N-dealkylation sites (N-methyl/N-ethyl adjacent to an activating group) is 1. The average Bonchev–Trinajstić information content (AvgIpc) is 2.80. The number of rotatable bonds is 7. The van der Waals surface area contributed by atoms with Crippen LogP contribution in [-0.4, -0.2) is 74.4 Å². The van der Waals surface area contributed by atoms with Crippen molar-refractivity contribution >= 4 is 17.4 Å². The number of anilines is 1. The second-order valence-corrected chi connectivity index (χ2v) is 10.5. The van der Waals surface area contributed by atoms with Crippen LogP contribution in [0.5, 0.6) is 5.75 Å². The monoisotopic (exact) mass is 455 g/mol. The third kappa shape index (κ3) is 5.98. The molecule has 0 aromatic heterocycles. The number of hydrogen-bond donors (Lipinski definition) is 1. The molecule has 174 valence electrons. The normalized spacial score (nSPS) is 22.3. The summed E-state index contributed by atoms with van der Waals surface area (Å²) < 4.78 is 6.73. The van der Waals surface area contributed by atoms with Gasteiger partial charge in [0.1, 0.15) is 11.9 Å². The van der Waals surface area contributed by atoms with Gasteiger partial charge in [0.05, 0.1) is 12.3 Å². The van der Waals surface area contributed by atoms with Gasteiger partial charge in [-0.15, -0.1) is 0 Å². The molecule has 2 aliphatic rings. The first-order valence-electron chi connectivity index (χ1n) is 11.8. The van der Waals surface area contributed by atoms with E-state index in [1.807, 2.05) is 12.1 Å². The second kappa shape index (κ2) is 10.9. The van der Waals surface area contributed by atoms with Gasteiger partial charge in [-0.05, 0) is 82.7 Å². The highest BCUT2D eigenvalue weighted by Gasteiger charge is 2.26. The molecule has 6 heteroatoms. The van der Waals surface area contributed by atoms with E-state index < -0.39 is 0 Å². The molecule has 1 saturated heterocycles. The van der Waals surface area contributed by atoms with E-state index in [9.17, 15) is 5.11 Å². The summed E-state index contributed by atoms with van der Waals surface area (Å²) in [6.45, 7) is 4.29. The molecule has 1 heterocycles. The Hall–Kier alpha value is -1.73. The highest BCUT2D eigenvalue weighted by atomic mass is 32.2.